The van der Waals surface area contributed by atoms with Crippen molar-refractivity contribution >= 4 is 0 Å². The quantitative estimate of drug-likeness (QED) is 0.891. The fraction of sp³-hybridized carbons (Fsp3) is 0.867. The Morgan fingerprint density at radius 1 is 1.19 bits per heavy atom. The first-order valence-corrected chi connectivity index (χ1v) is 7.78. The van der Waals surface area contributed by atoms with E-state index in [1.165, 1.54) is 0 Å². The monoisotopic (exact) mass is 296 g/mol. The minimum atomic E-state index is -0.633. The highest BCUT2D eigenvalue weighted by Crippen LogP contribution is 2.22. The number of aromatic nitrogens is 2. The van der Waals surface area contributed by atoms with E-state index in [-0.39, 0.29) is 6.04 Å². The third kappa shape index (κ3) is 4.49. The molecule has 0 amide bonds. The van der Waals surface area contributed by atoms with Crippen molar-refractivity contribution in [1.29, 1.82) is 0 Å². The van der Waals surface area contributed by atoms with Gasteiger partial charge in [0, 0.05) is 38.6 Å². The molecule has 1 aliphatic rings. The molecule has 1 fully saturated rings. The molecule has 6 nitrogen and oxygen atoms in total. The average molecular weight is 296 g/mol. The van der Waals surface area contributed by atoms with E-state index in [1.54, 1.807) is 0 Å². The number of β-amino-alcohol motifs (C(OH)–C–C–N with tert-alkyl or cyclic N) is 1. The summed E-state index contributed by atoms with van der Waals surface area (Å²) in [6, 6.07) is 0.147. The third-order valence-corrected chi connectivity index (χ3v) is 3.90. The fourth-order valence-corrected chi connectivity index (χ4v) is 2.66. The van der Waals surface area contributed by atoms with Crippen LogP contribution in [0.15, 0.2) is 4.52 Å². The van der Waals surface area contributed by atoms with Crippen LogP contribution in [0.25, 0.3) is 0 Å². The second kappa shape index (κ2) is 6.42. The number of rotatable bonds is 5. The van der Waals surface area contributed by atoms with E-state index < -0.39 is 5.60 Å². The molecule has 0 unspecified atom stereocenters. The summed E-state index contributed by atoms with van der Waals surface area (Å²) in [5.41, 5.74) is -0.633. The average Bonchev–Trinajstić information content (AvgIpc) is 2.86. The van der Waals surface area contributed by atoms with Crippen molar-refractivity contribution in [3.8, 4) is 0 Å². The molecular formula is C15H28N4O2. The van der Waals surface area contributed by atoms with Crippen LogP contribution in [0.3, 0.4) is 0 Å². The molecule has 0 aliphatic carbocycles. The van der Waals surface area contributed by atoms with Crippen molar-refractivity contribution in [2.75, 3.05) is 32.7 Å². The number of nitrogens with zero attached hydrogens (tertiary/aromatic N) is 4. The Hall–Kier alpha value is -0.980. The molecule has 2 heterocycles. The standard InChI is InChI=1S/C15H28N4O2/c1-11(2)13-16-14(21-17-13)12(3)19-8-6-18(7-9-19)10-15(4,5)20/h11-12,20H,6-10H2,1-5H3/t12-/m1/s1. The largest absolute Gasteiger partial charge is 0.389 e. The van der Waals surface area contributed by atoms with Gasteiger partial charge in [0.2, 0.25) is 5.89 Å². The predicted octanol–water partition coefficient (Wildman–Crippen LogP) is 1.64. The van der Waals surface area contributed by atoms with E-state index in [0.717, 1.165) is 32.0 Å². The molecule has 6 heteroatoms. The second-order valence-electron chi connectivity index (χ2n) is 6.95. The Morgan fingerprint density at radius 2 is 1.81 bits per heavy atom. The van der Waals surface area contributed by atoms with E-state index >= 15 is 0 Å². The van der Waals surface area contributed by atoms with Crippen LogP contribution < -0.4 is 0 Å². The van der Waals surface area contributed by atoms with Crippen LogP contribution in [-0.2, 0) is 0 Å². The van der Waals surface area contributed by atoms with Crippen LogP contribution in [0.2, 0.25) is 0 Å². The summed E-state index contributed by atoms with van der Waals surface area (Å²) in [5.74, 6) is 1.77. The van der Waals surface area contributed by atoms with Crippen molar-refractivity contribution in [1.82, 2.24) is 19.9 Å². The summed E-state index contributed by atoms with van der Waals surface area (Å²) in [6.45, 7) is 14.5. The molecule has 1 saturated heterocycles. The van der Waals surface area contributed by atoms with Gasteiger partial charge in [-0.1, -0.05) is 19.0 Å². The molecule has 0 bridgehead atoms. The van der Waals surface area contributed by atoms with Gasteiger partial charge in [-0.3, -0.25) is 9.80 Å². The lowest BCUT2D eigenvalue weighted by Gasteiger charge is -2.38. The van der Waals surface area contributed by atoms with Gasteiger partial charge in [-0.25, -0.2) is 0 Å². The van der Waals surface area contributed by atoms with Crippen molar-refractivity contribution in [2.45, 2.75) is 52.2 Å². The minimum Gasteiger partial charge on any atom is -0.389 e. The molecule has 0 aromatic carbocycles. The summed E-state index contributed by atoms with van der Waals surface area (Å²) < 4.78 is 5.39. The molecule has 0 spiro atoms. The highest BCUT2D eigenvalue weighted by molar-refractivity contribution is 4.96. The highest BCUT2D eigenvalue weighted by atomic mass is 16.5. The molecule has 1 aliphatic heterocycles. The molecule has 1 aromatic rings. The Balaban J connectivity index is 1.89. The van der Waals surface area contributed by atoms with E-state index in [2.05, 4.69) is 40.7 Å². The van der Waals surface area contributed by atoms with Gasteiger partial charge in [0.1, 0.15) is 0 Å². The lowest BCUT2D eigenvalue weighted by atomic mass is 10.1. The number of piperazine rings is 1. The topological polar surface area (TPSA) is 65.6 Å². The molecule has 21 heavy (non-hydrogen) atoms. The zero-order valence-corrected chi connectivity index (χ0v) is 13.8. The summed E-state index contributed by atoms with van der Waals surface area (Å²) in [5, 5.41) is 13.9. The van der Waals surface area contributed by atoms with Crippen LogP contribution in [0.4, 0.5) is 0 Å². The Bertz CT molecular complexity index is 445. The summed E-state index contributed by atoms with van der Waals surface area (Å²) >= 11 is 0. The molecule has 2 rings (SSSR count). The maximum absolute atomic E-state index is 9.89. The molecular weight excluding hydrogens is 268 g/mol. The maximum Gasteiger partial charge on any atom is 0.243 e. The molecule has 1 aromatic heterocycles. The number of hydrogen-bond acceptors (Lipinski definition) is 6. The molecule has 1 N–H and O–H groups in total. The van der Waals surface area contributed by atoms with E-state index in [0.29, 0.717) is 18.4 Å². The van der Waals surface area contributed by atoms with E-state index in [1.807, 2.05) is 13.8 Å². The van der Waals surface area contributed by atoms with E-state index in [4.69, 9.17) is 4.52 Å². The van der Waals surface area contributed by atoms with Gasteiger partial charge >= 0.3 is 0 Å². The lowest BCUT2D eigenvalue weighted by Crippen LogP contribution is -2.50. The van der Waals surface area contributed by atoms with Crippen molar-refractivity contribution in [3.63, 3.8) is 0 Å². The fourth-order valence-electron chi connectivity index (χ4n) is 2.66. The van der Waals surface area contributed by atoms with Gasteiger partial charge < -0.3 is 9.63 Å². The predicted molar refractivity (Wildman–Crippen MR) is 81.1 cm³/mol. The minimum absolute atomic E-state index is 0.147. The van der Waals surface area contributed by atoms with Crippen LogP contribution in [-0.4, -0.2) is 63.4 Å². The SMILES string of the molecule is CC(C)c1noc([C@@H](C)N2CCN(CC(C)(C)O)CC2)n1. The van der Waals surface area contributed by atoms with Crippen LogP contribution in [0.1, 0.15) is 58.3 Å². The third-order valence-electron chi connectivity index (χ3n) is 3.90. The summed E-state index contributed by atoms with van der Waals surface area (Å²) in [7, 11) is 0. The molecule has 0 radical (unpaired) electrons. The van der Waals surface area contributed by atoms with Gasteiger partial charge in [-0.05, 0) is 20.8 Å². The van der Waals surface area contributed by atoms with Crippen LogP contribution in [0, 0.1) is 0 Å². The first kappa shape index (κ1) is 16.4. The number of aliphatic hydroxyl groups is 1. The Kier molecular flexibility index (Phi) is 5.01. The zero-order chi connectivity index (χ0) is 15.6. The zero-order valence-electron chi connectivity index (χ0n) is 13.8. The van der Waals surface area contributed by atoms with Crippen LogP contribution >= 0.6 is 0 Å². The summed E-state index contributed by atoms with van der Waals surface area (Å²) in [6.07, 6.45) is 0. The maximum atomic E-state index is 9.89. The highest BCUT2D eigenvalue weighted by Gasteiger charge is 2.28. The normalized spacial score (nSPS) is 20.1. The Labute approximate surface area is 127 Å². The van der Waals surface area contributed by atoms with Crippen molar-refractivity contribution < 1.29 is 9.63 Å². The van der Waals surface area contributed by atoms with Gasteiger partial charge in [-0.15, -0.1) is 0 Å². The molecule has 1 atom stereocenters. The van der Waals surface area contributed by atoms with Gasteiger partial charge in [0.15, 0.2) is 5.82 Å². The second-order valence-corrected chi connectivity index (χ2v) is 6.95. The summed E-state index contributed by atoms with van der Waals surface area (Å²) in [4.78, 5) is 9.15. The Morgan fingerprint density at radius 3 is 2.29 bits per heavy atom. The van der Waals surface area contributed by atoms with Gasteiger partial charge in [-0.2, -0.15) is 4.98 Å². The smallest absolute Gasteiger partial charge is 0.243 e. The first-order valence-electron chi connectivity index (χ1n) is 7.78. The molecule has 0 saturated carbocycles. The van der Waals surface area contributed by atoms with Gasteiger partial charge in [0.25, 0.3) is 0 Å². The van der Waals surface area contributed by atoms with Crippen LogP contribution in [0.5, 0.6) is 0 Å². The van der Waals surface area contributed by atoms with Crippen molar-refractivity contribution in [3.05, 3.63) is 11.7 Å². The molecule has 120 valence electrons. The first-order chi connectivity index (χ1) is 9.76. The lowest BCUT2D eigenvalue weighted by molar-refractivity contribution is 0.00958. The number of hydrogen-bond donors (Lipinski definition) is 1. The van der Waals surface area contributed by atoms with E-state index in [9.17, 15) is 5.11 Å². The van der Waals surface area contributed by atoms with Crippen molar-refractivity contribution in [2.24, 2.45) is 0 Å². The van der Waals surface area contributed by atoms with Gasteiger partial charge in [0.05, 0.1) is 11.6 Å².